The molecule has 1 amide bonds. The molecule has 1 aromatic carbocycles. The number of nitrogens with zero attached hydrogens (tertiary/aromatic N) is 3. The van der Waals surface area contributed by atoms with E-state index in [2.05, 4.69) is 34.0 Å². The number of unbranched alkanes of at least 4 members (excludes halogenated alkanes) is 1. The monoisotopic (exact) mass is 663 g/mol. The summed E-state index contributed by atoms with van der Waals surface area (Å²) in [5.41, 5.74) is 1.40. The van der Waals surface area contributed by atoms with E-state index in [1.807, 2.05) is 22.0 Å². The minimum absolute atomic E-state index is 0.0205. The fourth-order valence-electron chi connectivity index (χ4n) is 5.91. The molecule has 3 aromatic rings. The third kappa shape index (κ3) is 8.42. The van der Waals surface area contributed by atoms with Crippen LogP contribution in [0, 0.1) is 0 Å². The summed E-state index contributed by atoms with van der Waals surface area (Å²) in [6, 6.07) is 3.19. The molecule has 44 heavy (non-hydrogen) atoms. The van der Waals surface area contributed by atoms with Gasteiger partial charge in [-0.15, -0.1) is 11.3 Å². The Kier molecular flexibility index (Phi) is 11.8. The summed E-state index contributed by atoms with van der Waals surface area (Å²) in [7, 11) is 0. The molecule has 1 atom stereocenters. The zero-order valence-corrected chi connectivity index (χ0v) is 28.1. The number of morpholine rings is 1. The molecular formula is C31H45N5O5S3. The van der Waals surface area contributed by atoms with Crippen LogP contribution in [-0.2, 0) is 4.74 Å². The Morgan fingerprint density at radius 3 is 2.77 bits per heavy atom. The van der Waals surface area contributed by atoms with Gasteiger partial charge >= 0.3 is 4.87 Å². The molecule has 0 saturated carbocycles. The van der Waals surface area contributed by atoms with E-state index in [1.165, 1.54) is 12.5 Å². The predicted molar refractivity (Wildman–Crippen MR) is 180 cm³/mol. The summed E-state index contributed by atoms with van der Waals surface area (Å²) in [6.45, 7) is 10.5. The molecule has 0 radical (unpaired) electrons. The smallest absolute Gasteiger partial charge is 0.305 e. The number of rotatable bonds is 14. The lowest BCUT2D eigenvalue weighted by Gasteiger charge is -2.47. The Hall–Kier alpha value is -2.00. The molecule has 4 heterocycles. The van der Waals surface area contributed by atoms with Gasteiger partial charge in [-0.1, -0.05) is 31.3 Å². The number of benzene rings is 1. The van der Waals surface area contributed by atoms with Crippen molar-refractivity contribution >= 4 is 50.6 Å². The van der Waals surface area contributed by atoms with Crippen LogP contribution >= 0.6 is 34.4 Å². The van der Waals surface area contributed by atoms with Crippen molar-refractivity contribution in [3.63, 3.8) is 0 Å². The van der Waals surface area contributed by atoms with Crippen LogP contribution in [-0.4, -0.2) is 105 Å². The number of hydrogen-bond acceptors (Lipinski definition) is 11. The number of aromatic nitrogens is 2. The molecule has 4 N–H and O–H groups in total. The first-order valence-corrected chi connectivity index (χ1v) is 18.5. The van der Waals surface area contributed by atoms with Gasteiger partial charge in [-0.25, -0.2) is 4.98 Å². The molecule has 13 heteroatoms. The number of carbonyl (C=O) groups is 1. The molecular weight excluding hydrogens is 619 g/mol. The Morgan fingerprint density at radius 1 is 1.20 bits per heavy atom. The lowest BCUT2D eigenvalue weighted by molar-refractivity contribution is -0.127. The number of H-pyrrole nitrogens is 1. The molecule has 0 bridgehead atoms. The van der Waals surface area contributed by atoms with Crippen molar-refractivity contribution in [3.05, 3.63) is 43.4 Å². The highest BCUT2D eigenvalue weighted by Gasteiger charge is 2.41. The second kappa shape index (κ2) is 15.5. The standard InChI is InChI=1S/C31H45N5O5S3/c1-21(2)28-33-23(19-43-28)29(39)36-14-15-41-31(20-36)8-12-35(13-9-31)11-5-17-42-16-4-3-10-32-18-25(38)22-6-7-24(37)26-27(22)44-30(40)34-26/h6-7,19,21,25,32,37-38H,3-5,8-18,20H2,1-2H3,(H,34,40). The number of aliphatic hydroxyl groups excluding tert-OH is 1. The van der Waals surface area contributed by atoms with E-state index in [-0.39, 0.29) is 22.1 Å². The Bertz CT molecular complexity index is 1430. The minimum Gasteiger partial charge on any atom is -0.506 e. The van der Waals surface area contributed by atoms with Gasteiger partial charge in [0.05, 0.1) is 34.6 Å². The number of aromatic hydroxyl groups is 1. The molecule has 2 fully saturated rings. The summed E-state index contributed by atoms with van der Waals surface area (Å²) >= 11 is 4.58. The van der Waals surface area contributed by atoms with Gasteiger partial charge in [0.2, 0.25) is 0 Å². The number of ether oxygens (including phenoxy) is 1. The molecule has 5 rings (SSSR count). The maximum absolute atomic E-state index is 13.1. The number of hydrogen-bond donors (Lipinski definition) is 4. The van der Waals surface area contributed by atoms with E-state index in [9.17, 15) is 19.8 Å². The predicted octanol–water partition coefficient (Wildman–Crippen LogP) is 4.41. The molecule has 1 spiro atoms. The van der Waals surface area contributed by atoms with E-state index >= 15 is 0 Å². The van der Waals surface area contributed by atoms with Gasteiger partial charge in [-0.2, -0.15) is 11.8 Å². The lowest BCUT2D eigenvalue weighted by atomic mass is 9.89. The van der Waals surface area contributed by atoms with Crippen molar-refractivity contribution in [2.45, 2.75) is 63.6 Å². The quantitative estimate of drug-likeness (QED) is 0.185. The maximum Gasteiger partial charge on any atom is 0.305 e. The van der Waals surface area contributed by atoms with E-state index in [4.69, 9.17) is 4.74 Å². The zero-order chi connectivity index (χ0) is 31.1. The molecule has 0 aliphatic carbocycles. The average Bonchev–Trinajstić information content (AvgIpc) is 3.67. The Balaban J connectivity index is 0.911. The molecule has 2 aliphatic heterocycles. The highest BCUT2D eigenvalue weighted by molar-refractivity contribution is 7.99. The summed E-state index contributed by atoms with van der Waals surface area (Å²) in [4.78, 5) is 36.3. The van der Waals surface area contributed by atoms with Crippen LogP contribution in [0.2, 0.25) is 0 Å². The number of carbonyl (C=O) groups excluding carboxylic acids is 1. The van der Waals surface area contributed by atoms with E-state index < -0.39 is 6.10 Å². The molecule has 10 nitrogen and oxygen atoms in total. The van der Waals surface area contributed by atoms with Crippen LogP contribution in [0.1, 0.15) is 79.0 Å². The summed E-state index contributed by atoms with van der Waals surface area (Å²) in [6.07, 6.45) is 4.51. The Labute approximate surface area is 271 Å². The number of piperidine rings is 1. The second-order valence-corrected chi connectivity index (χ2v) is 15.2. The minimum atomic E-state index is -0.740. The number of thioether (sulfide) groups is 1. The van der Waals surface area contributed by atoms with E-state index in [1.54, 1.807) is 17.4 Å². The molecule has 2 aromatic heterocycles. The first-order valence-electron chi connectivity index (χ1n) is 15.7. The van der Waals surface area contributed by atoms with Crippen molar-refractivity contribution in [2.24, 2.45) is 0 Å². The first-order chi connectivity index (χ1) is 21.2. The van der Waals surface area contributed by atoms with Crippen LogP contribution in [0.5, 0.6) is 5.75 Å². The van der Waals surface area contributed by atoms with Gasteiger partial charge in [0.15, 0.2) is 0 Å². The van der Waals surface area contributed by atoms with Crippen molar-refractivity contribution in [1.82, 2.24) is 25.1 Å². The topological polar surface area (TPSA) is 131 Å². The fourth-order valence-corrected chi connectivity index (χ4v) is 8.59. The van der Waals surface area contributed by atoms with Crippen LogP contribution in [0.3, 0.4) is 0 Å². The number of aromatic amines is 1. The normalized spacial score (nSPS) is 18.0. The van der Waals surface area contributed by atoms with Gasteiger partial charge in [-0.3, -0.25) is 9.59 Å². The van der Waals surface area contributed by atoms with Crippen molar-refractivity contribution in [1.29, 1.82) is 0 Å². The average molecular weight is 664 g/mol. The molecule has 2 saturated heterocycles. The summed E-state index contributed by atoms with van der Waals surface area (Å²) in [5, 5.41) is 26.8. The zero-order valence-electron chi connectivity index (χ0n) is 25.7. The van der Waals surface area contributed by atoms with Gasteiger partial charge in [-0.05, 0) is 62.8 Å². The Morgan fingerprint density at radius 2 is 2.00 bits per heavy atom. The fraction of sp³-hybridized carbons (Fsp3) is 0.645. The second-order valence-electron chi connectivity index (χ2n) is 12.1. The highest BCUT2D eigenvalue weighted by Crippen LogP contribution is 2.32. The van der Waals surface area contributed by atoms with Crippen LogP contribution in [0.15, 0.2) is 22.3 Å². The van der Waals surface area contributed by atoms with Crippen molar-refractivity contribution < 1.29 is 19.7 Å². The number of thiazole rings is 2. The summed E-state index contributed by atoms with van der Waals surface area (Å²) < 4.78 is 6.90. The number of phenolic OH excluding ortho intramolecular Hbond substituents is 1. The van der Waals surface area contributed by atoms with Crippen LogP contribution in [0.4, 0.5) is 0 Å². The lowest BCUT2D eigenvalue weighted by Crippen LogP contribution is -2.58. The number of likely N-dealkylation sites (tertiary alicyclic amines) is 1. The third-order valence-corrected chi connectivity index (χ3v) is 11.7. The van der Waals surface area contributed by atoms with Crippen LogP contribution in [0.25, 0.3) is 10.2 Å². The number of aliphatic hydroxyl groups is 1. The third-order valence-electron chi connectivity index (χ3n) is 8.48. The molecule has 2 aliphatic rings. The summed E-state index contributed by atoms with van der Waals surface area (Å²) in [5.74, 6) is 2.67. The molecule has 1 unspecified atom stereocenters. The first kappa shape index (κ1) is 33.4. The van der Waals surface area contributed by atoms with Gasteiger partial charge in [0.1, 0.15) is 17.0 Å². The maximum atomic E-state index is 13.1. The van der Waals surface area contributed by atoms with Crippen molar-refractivity contribution in [2.75, 3.05) is 63.9 Å². The molecule has 242 valence electrons. The van der Waals surface area contributed by atoms with Crippen molar-refractivity contribution in [3.8, 4) is 5.75 Å². The van der Waals surface area contributed by atoms with Gasteiger partial charge in [0, 0.05) is 43.0 Å². The highest BCUT2D eigenvalue weighted by atomic mass is 32.2. The largest absolute Gasteiger partial charge is 0.506 e. The van der Waals surface area contributed by atoms with Gasteiger partial charge in [0.25, 0.3) is 5.91 Å². The SMILES string of the molecule is CC(C)c1nc(C(=O)N2CCOC3(CCN(CCCSCCCCNCC(O)c4ccc(O)c5[nH]c(=O)sc45)CC3)C2)cs1. The number of amides is 1. The van der Waals surface area contributed by atoms with Gasteiger partial charge < -0.3 is 35.1 Å². The van der Waals surface area contributed by atoms with Crippen LogP contribution < -0.4 is 10.2 Å². The van der Waals surface area contributed by atoms with E-state index in [0.717, 1.165) is 79.7 Å². The number of nitrogens with one attached hydrogen (secondary N) is 2. The number of phenols is 1. The van der Waals surface area contributed by atoms with E-state index in [0.29, 0.717) is 53.6 Å². The number of fused-ring (bicyclic) bond motifs is 1.